The van der Waals surface area contributed by atoms with E-state index < -0.39 is 0 Å². The summed E-state index contributed by atoms with van der Waals surface area (Å²) in [5, 5.41) is 0. The third-order valence-corrected chi connectivity index (χ3v) is 4.45. The predicted molar refractivity (Wildman–Crippen MR) is 67.3 cm³/mol. The first kappa shape index (κ1) is 12.9. The van der Waals surface area contributed by atoms with Crippen LogP contribution in [0.15, 0.2) is 0 Å². The van der Waals surface area contributed by atoms with Crippen LogP contribution in [0.2, 0.25) is 0 Å². The maximum Gasteiger partial charge on any atom is 0.222 e. The molecule has 0 saturated carbocycles. The van der Waals surface area contributed by atoms with E-state index in [0.29, 0.717) is 5.91 Å². The van der Waals surface area contributed by atoms with Gasteiger partial charge in [0.2, 0.25) is 5.91 Å². The number of carbonyl (C=O) groups is 1. The summed E-state index contributed by atoms with van der Waals surface area (Å²) < 4.78 is 0. The fourth-order valence-electron chi connectivity index (χ4n) is 2.18. The summed E-state index contributed by atoms with van der Waals surface area (Å²) in [4.78, 5) is 13.8. The molecule has 0 radical (unpaired) electrons. The number of carbonyl (C=O) groups excluding carboxylic acids is 1. The minimum Gasteiger partial charge on any atom is -0.342 e. The Balaban J connectivity index is 2.60. The summed E-state index contributed by atoms with van der Waals surface area (Å²) in [5.41, 5.74) is 0.232. The molecule has 1 amide bonds. The number of rotatable bonds is 5. The summed E-state index contributed by atoms with van der Waals surface area (Å²) in [7, 11) is 0. The molecular weight excluding hydrogens is 206 g/mol. The third-order valence-electron chi connectivity index (χ3n) is 3.78. The summed E-state index contributed by atoms with van der Waals surface area (Å²) in [5.74, 6) is 1.22. The first-order valence-electron chi connectivity index (χ1n) is 6.06. The quantitative estimate of drug-likeness (QED) is 0.719. The molecule has 0 bridgehead atoms. The standard InChI is InChI=1S/C12H23NOS/c1-3-12(4-2,10-15)9-13-8-6-5-7-11(13)14/h15H,3-10H2,1-2H3. The van der Waals surface area contributed by atoms with E-state index in [2.05, 4.69) is 26.5 Å². The van der Waals surface area contributed by atoms with Crippen molar-refractivity contribution in [2.45, 2.75) is 46.0 Å². The van der Waals surface area contributed by atoms with Crippen molar-refractivity contribution < 1.29 is 4.79 Å². The van der Waals surface area contributed by atoms with Crippen molar-refractivity contribution in [3.05, 3.63) is 0 Å². The van der Waals surface area contributed by atoms with Crippen molar-refractivity contribution in [2.24, 2.45) is 5.41 Å². The molecule has 0 N–H and O–H groups in total. The molecule has 1 heterocycles. The number of nitrogens with zero attached hydrogens (tertiary/aromatic N) is 1. The Hall–Kier alpha value is -0.180. The van der Waals surface area contributed by atoms with Crippen LogP contribution in [0, 0.1) is 5.41 Å². The molecule has 88 valence electrons. The Morgan fingerprint density at radius 1 is 1.33 bits per heavy atom. The van der Waals surface area contributed by atoms with E-state index >= 15 is 0 Å². The van der Waals surface area contributed by atoms with Crippen LogP contribution in [0.3, 0.4) is 0 Å². The van der Waals surface area contributed by atoms with Gasteiger partial charge >= 0.3 is 0 Å². The Labute approximate surface area is 98.8 Å². The maximum absolute atomic E-state index is 11.7. The van der Waals surface area contributed by atoms with E-state index in [1.807, 2.05) is 4.90 Å². The van der Waals surface area contributed by atoms with Crippen molar-refractivity contribution in [3.8, 4) is 0 Å². The van der Waals surface area contributed by atoms with Gasteiger partial charge in [0.1, 0.15) is 0 Å². The lowest BCUT2D eigenvalue weighted by Crippen LogP contribution is -2.44. The van der Waals surface area contributed by atoms with E-state index in [1.165, 1.54) is 6.42 Å². The molecule has 2 nitrogen and oxygen atoms in total. The van der Waals surface area contributed by atoms with Gasteiger partial charge in [-0.1, -0.05) is 13.8 Å². The van der Waals surface area contributed by atoms with Gasteiger partial charge < -0.3 is 4.90 Å². The zero-order valence-corrected chi connectivity index (χ0v) is 10.9. The minimum absolute atomic E-state index is 0.232. The second-order valence-electron chi connectivity index (χ2n) is 4.64. The molecule has 0 atom stereocenters. The lowest BCUT2D eigenvalue weighted by molar-refractivity contribution is -0.134. The SMILES string of the molecule is CCC(CC)(CS)CN1CCCCC1=O. The number of hydrogen-bond donors (Lipinski definition) is 1. The highest BCUT2D eigenvalue weighted by atomic mass is 32.1. The fraction of sp³-hybridized carbons (Fsp3) is 0.917. The van der Waals surface area contributed by atoms with Crippen LogP contribution in [0.5, 0.6) is 0 Å². The second kappa shape index (κ2) is 5.78. The molecule has 0 aliphatic carbocycles. The summed E-state index contributed by atoms with van der Waals surface area (Å²) in [6.07, 6.45) is 5.20. The molecule has 0 aromatic rings. The lowest BCUT2D eigenvalue weighted by Gasteiger charge is -2.38. The van der Waals surface area contributed by atoms with E-state index in [4.69, 9.17) is 0 Å². The monoisotopic (exact) mass is 229 g/mol. The van der Waals surface area contributed by atoms with E-state index in [0.717, 1.165) is 44.5 Å². The van der Waals surface area contributed by atoms with E-state index in [-0.39, 0.29) is 5.41 Å². The zero-order chi connectivity index (χ0) is 11.3. The average Bonchev–Trinajstić information content (AvgIpc) is 2.29. The Kier molecular flexibility index (Phi) is 4.97. The normalized spacial score (nSPS) is 18.3. The van der Waals surface area contributed by atoms with Gasteiger partial charge in [0.05, 0.1) is 0 Å². The Bertz CT molecular complexity index is 205. The topological polar surface area (TPSA) is 20.3 Å². The molecule has 1 fully saturated rings. The number of piperidine rings is 1. The van der Waals surface area contributed by atoms with Crippen LogP contribution in [0.1, 0.15) is 46.0 Å². The zero-order valence-electron chi connectivity index (χ0n) is 9.96. The molecule has 3 heteroatoms. The Morgan fingerprint density at radius 2 is 2.00 bits per heavy atom. The largest absolute Gasteiger partial charge is 0.342 e. The van der Waals surface area contributed by atoms with Crippen LogP contribution in [0.25, 0.3) is 0 Å². The third kappa shape index (κ3) is 3.13. The van der Waals surface area contributed by atoms with Crippen molar-refractivity contribution in [1.29, 1.82) is 0 Å². The molecule has 0 spiro atoms. The van der Waals surface area contributed by atoms with Crippen LogP contribution in [-0.2, 0) is 4.79 Å². The van der Waals surface area contributed by atoms with Crippen molar-refractivity contribution in [2.75, 3.05) is 18.8 Å². The molecule has 1 aliphatic heterocycles. The number of likely N-dealkylation sites (tertiary alicyclic amines) is 1. The fourth-order valence-corrected chi connectivity index (χ4v) is 2.73. The maximum atomic E-state index is 11.7. The number of hydrogen-bond acceptors (Lipinski definition) is 2. The number of amides is 1. The first-order chi connectivity index (χ1) is 7.17. The van der Waals surface area contributed by atoms with Gasteiger partial charge in [-0.2, -0.15) is 12.6 Å². The number of thiol groups is 1. The van der Waals surface area contributed by atoms with E-state index in [9.17, 15) is 4.79 Å². The Morgan fingerprint density at radius 3 is 2.47 bits per heavy atom. The van der Waals surface area contributed by atoms with Gasteiger partial charge in [0.25, 0.3) is 0 Å². The van der Waals surface area contributed by atoms with E-state index in [1.54, 1.807) is 0 Å². The van der Waals surface area contributed by atoms with Gasteiger partial charge in [-0.15, -0.1) is 0 Å². The molecule has 0 aromatic heterocycles. The highest BCUT2D eigenvalue weighted by molar-refractivity contribution is 7.80. The van der Waals surface area contributed by atoms with Gasteiger partial charge in [0, 0.05) is 19.5 Å². The average molecular weight is 229 g/mol. The smallest absolute Gasteiger partial charge is 0.222 e. The molecule has 1 aliphatic rings. The predicted octanol–water partition coefficient (Wildman–Crippen LogP) is 2.74. The molecule has 1 rings (SSSR count). The van der Waals surface area contributed by atoms with Crippen molar-refractivity contribution in [1.82, 2.24) is 4.90 Å². The van der Waals surface area contributed by atoms with Crippen LogP contribution < -0.4 is 0 Å². The summed E-state index contributed by atoms with van der Waals surface area (Å²) >= 11 is 4.45. The van der Waals surface area contributed by atoms with Crippen LogP contribution in [0.4, 0.5) is 0 Å². The molecule has 0 unspecified atom stereocenters. The molecule has 0 aromatic carbocycles. The lowest BCUT2D eigenvalue weighted by atomic mass is 9.83. The van der Waals surface area contributed by atoms with Crippen molar-refractivity contribution in [3.63, 3.8) is 0 Å². The molecule has 15 heavy (non-hydrogen) atoms. The van der Waals surface area contributed by atoms with Crippen LogP contribution in [-0.4, -0.2) is 29.6 Å². The van der Waals surface area contributed by atoms with Crippen LogP contribution >= 0.6 is 12.6 Å². The summed E-state index contributed by atoms with van der Waals surface area (Å²) in [6, 6.07) is 0. The highest BCUT2D eigenvalue weighted by Gasteiger charge is 2.30. The molecule has 1 saturated heterocycles. The van der Waals surface area contributed by atoms with Gasteiger partial charge in [-0.25, -0.2) is 0 Å². The minimum atomic E-state index is 0.232. The summed E-state index contributed by atoms with van der Waals surface area (Å²) in [6.45, 7) is 6.26. The first-order valence-corrected chi connectivity index (χ1v) is 6.69. The molecular formula is C12H23NOS. The van der Waals surface area contributed by atoms with Crippen molar-refractivity contribution >= 4 is 18.5 Å². The second-order valence-corrected chi connectivity index (χ2v) is 4.95. The van der Waals surface area contributed by atoms with Gasteiger partial charge in [-0.05, 0) is 36.9 Å². The van der Waals surface area contributed by atoms with Gasteiger partial charge in [0.15, 0.2) is 0 Å². The van der Waals surface area contributed by atoms with Gasteiger partial charge in [-0.3, -0.25) is 4.79 Å². The highest BCUT2D eigenvalue weighted by Crippen LogP contribution is 2.30.